The summed E-state index contributed by atoms with van der Waals surface area (Å²) in [4.78, 5) is 11.7. The maximum atomic E-state index is 11.7. The fraction of sp³-hybridized carbons (Fsp3) is 0. The Hall–Kier alpha value is -2.34. The monoisotopic (exact) mass is 334 g/mol. The van der Waals surface area contributed by atoms with Crippen LogP contribution in [0.1, 0.15) is 15.9 Å². The molecule has 0 radical (unpaired) electrons. The van der Waals surface area contributed by atoms with Crippen molar-refractivity contribution in [2.24, 2.45) is 5.10 Å². The molecule has 0 aliphatic carbocycles. The molecule has 2 aromatic carbocycles. The highest BCUT2D eigenvalue weighted by atomic mass is 79.9. The van der Waals surface area contributed by atoms with Crippen molar-refractivity contribution in [3.63, 3.8) is 0 Å². The number of aromatic hydroxyl groups is 2. The third kappa shape index (κ3) is 3.58. The highest BCUT2D eigenvalue weighted by molar-refractivity contribution is 9.10. The van der Waals surface area contributed by atoms with Crippen LogP contribution in [-0.2, 0) is 0 Å². The maximum Gasteiger partial charge on any atom is 0.271 e. The van der Waals surface area contributed by atoms with Crippen LogP contribution in [0, 0.1) is 0 Å². The van der Waals surface area contributed by atoms with Gasteiger partial charge in [0.15, 0.2) is 11.5 Å². The summed E-state index contributed by atoms with van der Waals surface area (Å²) in [6.07, 6.45) is 1.37. The van der Waals surface area contributed by atoms with Crippen LogP contribution in [0.5, 0.6) is 11.5 Å². The number of carbonyl (C=O) groups excluding carboxylic acids is 1. The van der Waals surface area contributed by atoms with E-state index in [1.807, 2.05) is 0 Å². The summed E-state index contributed by atoms with van der Waals surface area (Å²) in [5.74, 6) is -0.786. The van der Waals surface area contributed by atoms with E-state index in [9.17, 15) is 9.90 Å². The molecule has 102 valence electrons. The first-order valence-electron chi connectivity index (χ1n) is 5.67. The fourth-order valence-electron chi connectivity index (χ4n) is 1.45. The van der Waals surface area contributed by atoms with Gasteiger partial charge in [-0.3, -0.25) is 4.79 Å². The molecule has 0 atom stereocenters. The Balaban J connectivity index is 2.00. The Bertz CT molecular complexity index is 654. The molecule has 3 N–H and O–H groups in total. The van der Waals surface area contributed by atoms with Gasteiger partial charge in [0.25, 0.3) is 5.91 Å². The number of benzene rings is 2. The Morgan fingerprint density at radius 1 is 1.10 bits per heavy atom. The van der Waals surface area contributed by atoms with E-state index in [4.69, 9.17) is 5.11 Å². The lowest BCUT2D eigenvalue weighted by molar-refractivity contribution is 0.0955. The normalized spacial score (nSPS) is 10.7. The summed E-state index contributed by atoms with van der Waals surface area (Å²) in [6.45, 7) is 0. The summed E-state index contributed by atoms with van der Waals surface area (Å²) in [6, 6.07) is 11.1. The molecule has 0 bridgehead atoms. The molecule has 5 nitrogen and oxygen atoms in total. The van der Waals surface area contributed by atoms with Crippen LogP contribution in [-0.4, -0.2) is 22.3 Å². The Morgan fingerprint density at radius 3 is 2.45 bits per heavy atom. The molecule has 0 heterocycles. The molecule has 20 heavy (non-hydrogen) atoms. The molecular formula is C14H11BrN2O3. The number of nitrogens with one attached hydrogen (secondary N) is 1. The van der Waals surface area contributed by atoms with Crippen LogP contribution in [0.15, 0.2) is 52.0 Å². The number of hydrazone groups is 1. The van der Waals surface area contributed by atoms with E-state index in [0.717, 1.165) is 4.47 Å². The topological polar surface area (TPSA) is 81.9 Å². The maximum absolute atomic E-state index is 11.7. The van der Waals surface area contributed by atoms with Crippen molar-refractivity contribution >= 4 is 28.1 Å². The van der Waals surface area contributed by atoms with Gasteiger partial charge in [-0.1, -0.05) is 15.9 Å². The van der Waals surface area contributed by atoms with Crippen LogP contribution < -0.4 is 5.43 Å². The lowest BCUT2D eigenvalue weighted by Crippen LogP contribution is -2.17. The average molecular weight is 335 g/mol. The summed E-state index contributed by atoms with van der Waals surface area (Å²) >= 11 is 3.28. The Kier molecular flexibility index (Phi) is 4.37. The van der Waals surface area contributed by atoms with Crippen LogP contribution >= 0.6 is 15.9 Å². The van der Waals surface area contributed by atoms with Crippen LogP contribution in [0.3, 0.4) is 0 Å². The third-order valence-electron chi connectivity index (χ3n) is 2.49. The second kappa shape index (κ2) is 6.21. The van der Waals surface area contributed by atoms with Gasteiger partial charge in [0.1, 0.15) is 0 Å². The standard InChI is InChI=1S/C14H11BrN2O3/c15-11-4-2-10(3-5-11)14(20)17-16-8-9-1-6-12(18)13(19)7-9/h1-8,18-19H,(H,17,20)/b16-8+. The van der Waals surface area contributed by atoms with Crippen molar-refractivity contribution in [3.05, 3.63) is 58.1 Å². The van der Waals surface area contributed by atoms with E-state index in [1.165, 1.54) is 18.3 Å². The Morgan fingerprint density at radius 2 is 1.80 bits per heavy atom. The predicted octanol–water partition coefficient (Wildman–Crippen LogP) is 2.62. The van der Waals surface area contributed by atoms with Gasteiger partial charge < -0.3 is 10.2 Å². The zero-order valence-corrected chi connectivity index (χ0v) is 11.8. The molecule has 1 amide bonds. The molecule has 2 rings (SSSR count). The van der Waals surface area contributed by atoms with E-state index < -0.39 is 0 Å². The van der Waals surface area contributed by atoms with Crippen molar-refractivity contribution in [3.8, 4) is 11.5 Å². The molecular weight excluding hydrogens is 324 g/mol. The minimum Gasteiger partial charge on any atom is -0.504 e. The number of amides is 1. The number of nitrogens with zero attached hydrogens (tertiary/aromatic N) is 1. The minimum absolute atomic E-state index is 0.207. The molecule has 0 saturated carbocycles. The molecule has 0 aromatic heterocycles. The van der Waals surface area contributed by atoms with E-state index in [-0.39, 0.29) is 17.4 Å². The zero-order valence-electron chi connectivity index (χ0n) is 10.2. The van der Waals surface area contributed by atoms with E-state index in [1.54, 1.807) is 30.3 Å². The predicted molar refractivity (Wildman–Crippen MR) is 79.0 cm³/mol. The second-order valence-electron chi connectivity index (χ2n) is 3.95. The van der Waals surface area contributed by atoms with Crippen molar-refractivity contribution in [1.29, 1.82) is 0 Å². The SMILES string of the molecule is O=C(N/N=C/c1ccc(O)c(O)c1)c1ccc(Br)cc1. The summed E-state index contributed by atoms with van der Waals surface area (Å²) in [5.41, 5.74) is 3.41. The number of hydrogen-bond donors (Lipinski definition) is 3. The quantitative estimate of drug-likeness (QED) is 0.458. The highest BCUT2D eigenvalue weighted by Gasteiger charge is 2.03. The minimum atomic E-state index is -0.336. The zero-order chi connectivity index (χ0) is 14.5. The molecule has 6 heteroatoms. The van der Waals surface area contributed by atoms with Crippen molar-refractivity contribution < 1.29 is 15.0 Å². The molecule has 0 saturated heterocycles. The highest BCUT2D eigenvalue weighted by Crippen LogP contribution is 2.23. The fourth-order valence-corrected chi connectivity index (χ4v) is 1.72. The van der Waals surface area contributed by atoms with E-state index in [2.05, 4.69) is 26.5 Å². The molecule has 2 aromatic rings. The Labute approximate surface area is 123 Å². The lowest BCUT2D eigenvalue weighted by atomic mass is 10.2. The first-order chi connectivity index (χ1) is 9.56. The van der Waals surface area contributed by atoms with Crippen LogP contribution in [0.25, 0.3) is 0 Å². The van der Waals surface area contributed by atoms with Crippen LogP contribution in [0.4, 0.5) is 0 Å². The molecule has 0 fully saturated rings. The van der Waals surface area contributed by atoms with Gasteiger partial charge >= 0.3 is 0 Å². The molecule has 0 aliphatic heterocycles. The molecule has 0 spiro atoms. The summed E-state index contributed by atoms with van der Waals surface area (Å²) in [5, 5.41) is 22.3. The molecule has 0 unspecified atom stereocenters. The number of phenolic OH excluding ortho intramolecular Hbond substituents is 2. The van der Waals surface area contributed by atoms with Crippen molar-refractivity contribution in [1.82, 2.24) is 5.43 Å². The van der Waals surface area contributed by atoms with Gasteiger partial charge in [-0.05, 0) is 48.0 Å². The van der Waals surface area contributed by atoms with Gasteiger partial charge in [-0.2, -0.15) is 5.10 Å². The van der Waals surface area contributed by atoms with Crippen molar-refractivity contribution in [2.75, 3.05) is 0 Å². The first kappa shape index (κ1) is 14.1. The van der Waals surface area contributed by atoms with Gasteiger partial charge in [0, 0.05) is 10.0 Å². The largest absolute Gasteiger partial charge is 0.504 e. The summed E-state index contributed by atoms with van der Waals surface area (Å²) in [7, 11) is 0. The van der Waals surface area contributed by atoms with Gasteiger partial charge in [-0.15, -0.1) is 0 Å². The number of rotatable bonds is 3. The van der Waals surface area contributed by atoms with Crippen molar-refractivity contribution in [2.45, 2.75) is 0 Å². The second-order valence-corrected chi connectivity index (χ2v) is 4.87. The van der Waals surface area contributed by atoms with Crippen LogP contribution in [0.2, 0.25) is 0 Å². The third-order valence-corrected chi connectivity index (χ3v) is 3.01. The van der Waals surface area contributed by atoms with E-state index in [0.29, 0.717) is 11.1 Å². The number of phenols is 2. The van der Waals surface area contributed by atoms with Gasteiger partial charge in [-0.25, -0.2) is 5.43 Å². The van der Waals surface area contributed by atoms with Gasteiger partial charge in [0.05, 0.1) is 6.21 Å². The van der Waals surface area contributed by atoms with Gasteiger partial charge in [0.2, 0.25) is 0 Å². The first-order valence-corrected chi connectivity index (χ1v) is 6.46. The van der Waals surface area contributed by atoms with E-state index >= 15 is 0 Å². The summed E-state index contributed by atoms with van der Waals surface area (Å²) < 4.78 is 0.886. The number of hydrogen-bond acceptors (Lipinski definition) is 4. The average Bonchev–Trinajstić information content (AvgIpc) is 2.43. The number of halogens is 1. The lowest BCUT2D eigenvalue weighted by Gasteiger charge is -2.00. The number of carbonyl (C=O) groups is 1. The molecule has 0 aliphatic rings. The smallest absolute Gasteiger partial charge is 0.271 e.